The minimum absolute atomic E-state index is 0.887. The number of carboxylic acid groups (broad SMARTS) is 1. The normalized spacial score (nSPS) is 11.9. The summed E-state index contributed by atoms with van der Waals surface area (Å²) in [5.74, 6) is -3.00. The number of halogens is 2. The maximum Gasteiger partial charge on any atom is 0.385 e. The van der Waals surface area contributed by atoms with Gasteiger partial charge in [0.15, 0.2) is 10.1 Å². The quantitative estimate of drug-likeness (QED) is 0.391. The van der Waals surface area contributed by atoms with Gasteiger partial charge >= 0.3 is 11.9 Å². The number of aliphatic carboxylic acids is 1. The highest BCUT2D eigenvalue weighted by Gasteiger charge is 2.18. The van der Waals surface area contributed by atoms with Gasteiger partial charge in [-0.25, -0.2) is 9.59 Å². The third-order valence-corrected chi connectivity index (χ3v) is 1.43. The van der Waals surface area contributed by atoms with Crippen molar-refractivity contribution in [2.45, 2.75) is 0 Å². The van der Waals surface area contributed by atoms with Crippen LogP contribution in [-0.2, 0) is 14.5 Å². The average molecular weight is 201 g/mol. The summed E-state index contributed by atoms with van der Waals surface area (Å²) < 4.78 is 0. The zero-order valence-corrected chi connectivity index (χ0v) is 6.39. The summed E-state index contributed by atoms with van der Waals surface area (Å²) >= 11 is 9.99. The van der Waals surface area contributed by atoms with Crippen LogP contribution in [0, 0.1) is 0 Å². The van der Waals surface area contributed by atoms with Gasteiger partial charge in [-0.2, -0.15) is 5.26 Å². The topological polar surface area (TPSA) is 83.8 Å². The second-order valence-corrected chi connectivity index (χ2v) is 2.07. The van der Waals surface area contributed by atoms with Crippen LogP contribution in [0.2, 0.25) is 0 Å². The van der Waals surface area contributed by atoms with E-state index >= 15 is 0 Å². The molecule has 0 heterocycles. The Morgan fingerprint density at radius 1 is 1.18 bits per heavy atom. The lowest BCUT2D eigenvalue weighted by atomic mass is 10.5. The smallest absolute Gasteiger partial charge is 0.385 e. The second-order valence-electron chi connectivity index (χ2n) is 1.31. The van der Waals surface area contributed by atoms with Gasteiger partial charge in [0.2, 0.25) is 0 Å². The molecule has 0 radical (unpaired) electrons. The predicted molar refractivity (Wildman–Crippen MR) is 35.1 cm³/mol. The third-order valence-electron chi connectivity index (χ3n) is 0.643. The van der Waals surface area contributed by atoms with Crippen molar-refractivity contribution in [3.8, 4) is 0 Å². The third kappa shape index (κ3) is 2.75. The molecule has 0 saturated carbocycles. The van der Waals surface area contributed by atoms with Crippen LogP contribution in [0.4, 0.5) is 0 Å². The van der Waals surface area contributed by atoms with E-state index in [0.717, 1.165) is 0 Å². The van der Waals surface area contributed by atoms with Gasteiger partial charge < -0.3 is 5.11 Å². The molecule has 0 aromatic carbocycles. The summed E-state index contributed by atoms with van der Waals surface area (Å²) in [5.41, 5.74) is 0. The molecule has 0 atom stereocenters. The molecular weight excluding hydrogens is 199 g/mol. The van der Waals surface area contributed by atoms with E-state index in [1.807, 2.05) is 0 Å². The standard InChI is InChI=1S/C4H2Cl2O5/c5-1(3(7)8)2(6)4(9)11-10/h10H,(H,7,8)/b2-1+. The van der Waals surface area contributed by atoms with Crippen molar-refractivity contribution in [2.75, 3.05) is 0 Å². The lowest BCUT2D eigenvalue weighted by Gasteiger charge is -1.94. The van der Waals surface area contributed by atoms with Gasteiger partial charge in [0, 0.05) is 0 Å². The highest BCUT2D eigenvalue weighted by atomic mass is 35.5. The Labute approximate surface area is 70.7 Å². The van der Waals surface area contributed by atoms with Gasteiger partial charge in [-0.05, 0) is 0 Å². The average Bonchev–Trinajstić information content (AvgIpc) is 2.00. The van der Waals surface area contributed by atoms with Crippen molar-refractivity contribution in [2.24, 2.45) is 0 Å². The second kappa shape index (κ2) is 4.17. The van der Waals surface area contributed by atoms with E-state index in [1.165, 1.54) is 0 Å². The molecule has 0 aliphatic rings. The Morgan fingerprint density at radius 3 is 1.91 bits per heavy atom. The first-order valence-corrected chi connectivity index (χ1v) is 2.90. The summed E-state index contributed by atoms with van der Waals surface area (Å²) in [6.07, 6.45) is 0. The van der Waals surface area contributed by atoms with Crippen LogP contribution < -0.4 is 0 Å². The lowest BCUT2D eigenvalue weighted by molar-refractivity contribution is -0.228. The van der Waals surface area contributed by atoms with Crippen LogP contribution in [0.5, 0.6) is 0 Å². The van der Waals surface area contributed by atoms with Crippen LogP contribution in [0.25, 0.3) is 0 Å². The predicted octanol–water partition coefficient (Wildman–Crippen LogP) is 0.776. The van der Waals surface area contributed by atoms with Crippen molar-refractivity contribution in [3.63, 3.8) is 0 Å². The van der Waals surface area contributed by atoms with E-state index in [9.17, 15) is 9.59 Å². The molecular formula is C4H2Cl2O5. The fourth-order valence-corrected chi connectivity index (χ4v) is 0.416. The molecule has 0 saturated heterocycles. The molecule has 0 spiro atoms. The molecule has 62 valence electrons. The van der Waals surface area contributed by atoms with E-state index in [4.69, 9.17) is 33.6 Å². The molecule has 11 heavy (non-hydrogen) atoms. The Kier molecular flexibility index (Phi) is 3.88. The molecule has 0 bridgehead atoms. The van der Waals surface area contributed by atoms with Crippen molar-refractivity contribution in [1.29, 1.82) is 0 Å². The Bertz CT molecular complexity index is 221. The van der Waals surface area contributed by atoms with E-state index in [-0.39, 0.29) is 0 Å². The van der Waals surface area contributed by atoms with Gasteiger partial charge in [-0.15, -0.1) is 0 Å². The molecule has 0 aliphatic heterocycles. The zero-order valence-electron chi connectivity index (χ0n) is 4.88. The largest absolute Gasteiger partial charge is 0.477 e. The first-order chi connectivity index (χ1) is 5.00. The summed E-state index contributed by atoms with van der Waals surface area (Å²) in [6.45, 7) is 0. The molecule has 0 fully saturated rings. The fourth-order valence-electron chi connectivity index (χ4n) is 0.224. The highest BCUT2D eigenvalue weighted by molar-refractivity contribution is 6.52. The minimum Gasteiger partial charge on any atom is -0.477 e. The van der Waals surface area contributed by atoms with Crippen molar-refractivity contribution in [3.05, 3.63) is 10.1 Å². The van der Waals surface area contributed by atoms with E-state index in [1.54, 1.807) is 0 Å². The van der Waals surface area contributed by atoms with Gasteiger partial charge in [-0.3, -0.25) is 4.89 Å². The van der Waals surface area contributed by atoms with Crippen molar-refractivity contribution < 1.29 is 24.8 Å². The number of carbonyl (C=O) groups is 2. The molecule has 0 aromatic rings. The summed E-state index contributed by atoms with van der Waals surface area (Å²) in [6, 6.07) is 0. The molecule has 0 aliphatic carbocycles. The Balaban J connectivity index is 4.66. The van der Waals surface area contributed by atoms with E-state index in [2.05, 4.69) is 4.89 Å². The molecule has 0 unspecified atom stereocenters. The summed E-state index contributed by atoms with van der Waals surface area (Å²) in [5, 5.41) is 14.1. The van der Waals surface area contributed by atoms with Crippen LogP contribution in [0.1, 0.15) is 0 Å². The molecule has 0 amide bonds. The molecule has 0 rings (SSSR count). The van der Waals surface area contributed by atoms with Crippen LogP contribution >= 0.6 is 23.2 Å². The number of hydrogen-bond donors (Lipinski definition) is 2. The van der Waals surface area contributed by atoms with Crippen LogP contribution in [-0.4, -0.2) is 22.3 Å². The Morgan fingerprint density at radius 2 is 1.64 bits per heavy atom. The number of rotatable bonds is 2. The van der Waals surface area contributed by atoms with E-state index < -0.39 is 22.0 Å². The van der Waals surface area contributed by atoms with Gasteiger partial charge in [0.25, 0.3) is 0 Å². The van der Waals surface area contributed by atoms with Crippen LogP contribution in [0.3, 0.4) is 0 Å². The fraction of sp³-hybridized carbons (Fsp3) is 0. The van der Waals surface area contributed by atoms with Gasteiger partial charge in [-0.1, -0.05) is 23.2 Å². The van der Waals surface area contributed by atoms with Gasteiger partial charge in [0.1, 0.15) is 0 Å². The molecule has 0 aromatic heterocycles. The lowest BCUT2D eigenvalue weighted by Crippen LogP contribution is -2.06. The SMILES string of the molecule is O=C(O)/C(Cl)=C(\Cl)C(=O)OO. The maximum absolute atomic E-state index is 10.2. The molecule has 7 heteroatoms. The summed E-state index contributed by atoms with van der Waals surface area (Å²) in [7, 11) is 0. The first kappa shape index (κ1) is 10.2. The van der Waals surface area contributed by atoms with Gasteiger partial charge in [0.05, 0.1) is 0 Å². The van der Waals surface area contributed by atoms with Crippen LogP contribution in [0.15, 0.2) is 10.1 Å². The monoisotopic (exact) mass is 200 g/mol. The number of hydrogen-bond acceptors (Lipinski definition) is 4. The minimum atomic E-state index is -1.58. The maximum atomic E-state index is 10.2. The summed E-state index contributed by atoms with van der Waals surface area (Å²) in [4.78, 5) is 23.4. The Hall–Kier alpha value is -0.780. The number of carbonyl (C=O) groups excluding carboxylic acids is 1. The molecule has 2 N–H and O–H groups in total. The number of carboxylic acids is 1. The zero-order chi connectivity index (χ0) is 9.02. The van der Waals surface area contributed by atoms with Crippen molar-refractivity contribution in [1.82, 2.24) is 0 Å². The highest BCUT2D eigenvalue weighted by Crippen LogP contribution is 2.14. The molecule has 5 nitrogen and oxygen atoms in total. The van der Waals surface area contributed by atoms with Crippen molar-refractivity contribution >= 4 is 35.1 Å². The first-order valence-electron chi connectivity index (χ1n) is 2.15. The van der Waals surface area contributed by atoms with E-state index in [0.29, 0.717) is 0 Å².